The summed E-state index contributed by atoms with van der Waals surface area (Å²) in [5, 5.41) is 0. The van der Waals surface area contributed by atoms with Gasteiger partial charge in [0.25, 0.3) is 5.91 Å². The van der Waals surface area contributed by atoms with E-state index in [0.29, 0.717) is 25.2 Å². The highest BCUT2D eigenvalue weighted by Crippen LogP contribution is 2.24. The molecule has 1 amide bonds. The first-order chi connectivity index (χ1) is 11.8. The number of rotatable bonds is 3. The molecule has 2 heterocycles. The molecule has 1 atom stereocenters. The lowest BCUT2D eigenvalue weighted by Crippen LogP contribution is -2.52. The molecule has 0 saturated carbocycles. The Balaban J connectivity index is 1.71. The second-order valence-corrected chi connectivity index (χ2v) is 7.81. The summed E-state index contributed by atoms with van der Waals surface area (Å²) in [4.78, 5) is 12.8. The lowest BCUT2D eigenvalue weighted by Gasteiger charge is -2.35. The minimum absolute atomic E-state index is 0.0563. The number of carbonyl (C=O) groups excluding carboxylic acids is 1. The van der Waals surface area contributed by atoms with Crippen LogP contribution in [0.1, 0.15) is 12.8 Å². The van der Waals surface area contributed by atoms with Crippen molar-refractivity contribution < 1.29 is 31.1 Å². The zero-order valence-corrected chi connectivity index (χ0v) is 14.1. The van der Waals surface area contributed by atoms with Crippen molar-refractivity contribution in [2.75, 3.05) is 32.8 Å². The van der Waals surface area contributed by atoms with Crippen LogP contribution < -0.4 is 0 Å². The Morgan fingerprint density at radius 1 is 1.08 bits per heavy atom. The van der Waals surface area contributed by atoms with Crippen molar-refractivity contribution in [3.63, 3.8) is 0 Å². The summed E-state index contributed by atoms with van der Waals surface area (Å²) < 4.78 is 71.4. The predicted molar refractivity (Wildman–Crippen MR) is 80.6 cm³/mol. The number of ether oxygens (including phenoxy) is 1. The number of amides is 1. The Bertz CT molecular complexity index is 773. The van der Waals surface area contributed by atoms with Gasteiger partial charge < -0.3 is 9.64 Å². The van der Waals surface area contributed by atoms with Gasteiger partial charge in [-0.2, -0.15) is 4.31 Å². The van der Waals surface area contributed by atoms with Crippen LogP contribution in [0.25, 0.3) is 0 Å². The Kier molecular flexibility index (Phi) is 5.03. The molecule has 10 heteroatoms. The van der Waals surface area contributed by atoms with E-state index in [-0.39, 0.29) is 32.1 Å². The molecule has 6 nitrogen and oxygen atoms in total. The van der Waals surface area contributed by atoms with Gasteiger partial charge in [-0.25, -0.2) is 21.6 Å². The number of sulfonamides is 1. The van der Waals surface area contributed by atoms with Crippen molar-refractivity contribution in [2.24, 2.45) is 0 Å². The molecule has 2 fully saturated rings. The Morgan fingerprint density at radius 2 is 1.76 bits per heavy atom. The van der Waals surface area contributed by atoms with Gasteiger partial charge in [0.15, 0.2) is 17.5 Å². The normalized spacial score (nSPS) is 22.4. The number of carbonyl (C=O) groups is 1. The number of halogens is 3. The van der Waals surface area contributed by atoms with Gasteiger partial charge in [-0.3, -0.25) is 4.79 Å². The summed E-state index contributed by atoms with van der Waals surface area (Å²) in [5.41, 5.74) is 0. The maximum atomic E-state index is 13.8. The minimum atomic E-state index is -4.32. The highest BCUT2D eigenvalue weighted by atomic mass is 32.2. The highest BCUT2D eigenvalue weighted by molar-refractivity contribution is 7.89. The molecule has 2 aliphatic rings. The van der Waals surface area contributed by atoms with Crippen LogP contribution in [0.15, 0.2) is 17.0 Å². The van der Waals surface area contributed by atoms with Crippen molar-refractivity contribution in [1.29, 1.82) is 0 Å². The Hall–Kier alpha value is -1.65. The molecule has 0 N–H and O–H groups in total. The first-order valence-corrected chi connectivity index (χ1v) is 9.30. The van der Waals surface area contributed by atoms with E-state index in [0.717, 1.165) is 10.7 Å². The maximum absolute atomic E-state index is 13.8. The van der Waals surface area contributed by atoms with Gasteiger partial charge in [-0.1, -0.05) is 0 Å². The van der Waals surface area contributed by atoms with Crippen molar-refractivity contribution in [3.8, 4) is 0 Å². The molecule has 2 aliphatic heterocycles. The van der Waals surface area contributed by atoms with Crippen molar-refractivity contribution in [3.05, 3.63) is 29.6 Å². The quantitative estimate of drug-likeness (QED) is 0.740. The molecular weight excluding hydrogens is 361 g/mol. The third kappa shape index (κ3) is 3.38. The lowest BCUT2D eigenvalue weighted by atomic mass is 10.2. The van der Waals surface area contributed by atoms with E-state index in [9.17, 15) is 26.4 Å². The first-order valence-electron chi connectivity index (χ1n) is 7.86. The van der Waals surface area contributed by atoms with Crippen LogP contribution in [0.3, 0.4) is 0 Å². The van der Waals surface area contributed by atoms with Crippen LogP contribution in [0.2, 0.25) is 0 Å². The van der Waals surface area contributed by atoms with Gasteiger partial charge in [-0.05, 0) is 25.0 Å². The number of hydrogen-bond donors (Lipinski definition) is 0. The van der Waals surface area contributed by atoms with Gasteiger partial charge in [-0.15, -0.1) is 0 Å². The Labute approximate surface area is 143 Å². The van der Waals surface area contributed by atoms with Crippen LogP contribution in [0.5, 0.6) is 0 Å². The molecule has 3 rings (SSSR count). The molecular formula is C15H17F3N2O4S. The van der Waals surface area contributed by atoms with Crippen molar-refractivity contribution in [2.45, 2.75) is 23.8 Å². The van der Waals surface area contributed by atoms with E-state index >= 15 is 0 Å². The fraction of sp³-hybridized carbons (Fsp3) is 0.533. The zero-order valence-electron chi connectivity index (χ0n) is 13.3. The van der Waals surface area contributed by atoms with Crippen LogP contribution in [-0.4, -0.2) is 62.4 Å². The van der Waals surface area contributed by atoms with E-state index < -0.39 is 38.5 Å². The number of piperazine rings is 1. The Morgan fingerprint density at radius 3 is 2.36 bits per heavy atom. The summed E-state index contributed by atoms with van der Waals surface area (Å²) in [6, 6.07) is 1.27. The highest BCUT2D eigenvalue weighted by Gasteiger charge is 2.35. The van der Waals surface area contributed by atoms with Gasteiger partial charge in [0, 0.05) is 32.8 Å². The fourth-order valence-electron chi connectivity index (χ4n) is 2.97. The average Bonchev–Trinajstić information content (AvgIpc) is 3.13. The molecule has 2 saturated heterocycles. The van der Waals surface area contributed by atoms with E-state index in [4.69, 9.17) is 4.74 Å². The van der Waals surface area contributed by atoms with Crippen LogP contribution >= 0.6 is 0 Å². The van der Waals surface area contributed by atoms with Crippen LogP contribution in [0, 0.1) is 17.5 Å². The zero-order chi connectivity index (χ0) is 18.2. The standard InChI is InChI=1S/C15H17F3N2O4S/c16-10-3-4-12(14(18)13(10)17)25(22,23)20-7-5-19(6-8-20)15(21)11-2-1-9-24-11/h3-4,11H,1-2,5-9H2/t11-/m0/s1. The second kappa shape index (κ2) is 6.93. The van der Waals surface area contributed by atoms with Crippen LogP contribution in [0.4, 0.5) is 13.2 Å². The summed E-state index contributed by atoms with van der Waals surface area (Å²) in [7, 11) is -4.32. The molecule has 25 heavy (non-hydrogen) atoms. The van der Waals surface area contributed by atoms with Gasteiger partial charge in [0.05, 0.1) is 0 Å². The molecule has 0 aliphatic carbocycles. The molecule has 0 unspecified atom stereocenters. The van der Waals surface area contributed by atoms with Gasteiger partial charge in [0.1, 0.15) is 11.0 Å². The third-order valence-electron chi connectivity index (χ3n) is 4.37. The lowest BCUT2D eigenvalue weighted by molar-refractivity contribution is -0.142. The van der Waals surface area contributed by atoms with E-state index in [2.05, 4.69) is 0 Å². The predicted octanol–water partition coefficient (Wildman–Crippen LogP) is 1.12. The molecule has 138 valence electrons. The smallest absolute Gasteiger partial charge is 0.251 e. The van der Waals surface area contributed by atoms with E-state index in [1.165, 1.54) is 4.90 Å². The summed E-state index contributed by atoms with van der Waals surface area (Å²) in [6.07, 6.45) is 0.948. The minimum Gasteiger partial charge on any atom is -0.368 e. The van der Waals surface area contributed by atoms with Crippen molar-refractivity contribution >= 4 is 15.9 Å². The summed E-state index contributed by atoms with van der Waals surface area (Å²) >= 11 is 0. The van der Waals surface area contributed by atoms with Gasteiger partial charge in [0.2, 0.25) is 10.0 Å². The number of benzene rings is 1. The molecule has 0 spiro atoms. The van der Waals surface area contributed by atoms with E-state index in [1.807, 2.05) is 0 Å². The SMILES string of the molecule is O=C([C@@H]1CCCO1)N1CCN(S(=O)(=O)c2ccc(F)c(F)c2F)CC1. The summed E-state index contributed by atoms with van der Waals surface area (Å²) in [6.45, 7) is 0.672. The molecule has 0 bridgehead atoms. The third-order valence-corrected chi connectivity index (χ3v) is 6.29. The molecule has 0 radical (unpaired) electrons. The summed E-state index contributed by atoms with van der Waals surface area (Å²) in [5.74, 6) is -5.21. The second-order valence-electron chi connectivity index (χ2n) is 5.90. The average molecular weight is 378 g/mol. The molecule has 1 aromatic carbocycles. The van der Waals surface area contributed by atoms with Crippen molar-refractivity contribution in [1.82, 2.24) is 9.21 Å². The molecule has 0 aromatic heterocycles. The fourth-order valence-corrected chi connectivity index (χ4v) is 4.45. The molecule has 1 aromatic rings. The number of nitrogens with zero attached hydrogens (tertiary/aromatic N) is 2. The largest absolute Gasteiger partial charge is 0.368 e. The monoisotopic (exact) mass is 378 g/mol. The maximum Gasteiger partial charge on any atom is 0.251 e. The topological polar surface area (TPSA) is 66.9 Å². The van der Waals surface area contributed by atoms with E-state index in [1.54, 1.807) is 0 Å². The number of hydrogen-bond acceptors (Lipinski definition) is 4. The first kappa shape index (κ1) is 18.2. The van der Waals surface area contributed by atoms with Gasteiger partial charge >= 0.3 is 0 Å². The van der Waals surface area contributed by atoms with Crippen LogP contribution in [-0.2, 0) is 19.6 Å².